The standard InChI is InChI=1S/C12H11ClN2O/c13-10-4-3-8(6-11(10)14)12(16)9-2-1-5-15-7-9/h1-7,12,16H,14H2. The lowest BCUT2D eigenvalue weighted by Crippen LogP contribution is -2.01. The van der Waals surface area contributed by atoms with Crippen LogP contribution >= 0.6 is 11.6 Å². The minimum atomic E-state index is -0.728. The number of hydrogen-bond donors (Lipinski definition) is 2. The smallest absolute Gasteiger partial charge is 0.106 e. The van der Waals surface area contributed by atoms with Crippen molar-refractivity contribution in [2.24, 2.45) is 0 Å². The van der Waals surface area contributed by atoms with E-state index in [0.29, 0.717) is 16.3 Å². The third kappa shape index (κ3) is 2.15. The Morgan fingerprint density at radius 2 is 2.06 bits per heavy atom. The molecule has 1 heterocycles. The fourth-order valence-electron chi connectivity index (χ4n) is 1.46. The molecule has 2 aromatic rings. The Labute approximate surface area is 98.5 Å². The molecule has 3 nitrogen and oxygen atoms in total. The molecule has 0 amide bonds. The molecular formula is C12H11ClN2O. The van der Waals surface area contributed by atoms with Gasteiger partial charge in [0.25, 0.3) is 0 Å². The van der Waals surface area contributed by atoms with Gasteiger partial charge in [-0.2, -0.15) is 0 Å². The quantitative estimate of drug-likeness (QED) is 0.785. The van der Waals surface area contributed by atoms with Crippen LogP contribution in [0.4, 0.5) is 5.69 Å². The Morgan fingerprint density at radius 3 is 2.69 bits per heavy atom. The Bertz CT molecular complexity index is 488. The number of anilines is 1. The topological polar surface area (TPSA) is 59.1 Å². The number of aromatic nitrogens is 1. The van der Waals surface area contributed by atoms with E-state index in [1.54, 1.807) is 36.7 Å². The molecule has 4 heteroatoms. The van der Waals surface area contributed by atoms with E-state index in [0.717, 1.165) is 5.56 Å². The number of nitrogens with two attached hydrogens (primary N) is 1. The maximum Gasteiger partial charge on any atom is 0.106 e. The summed E-state index contributed by atoms with van der Waals surface area (Å²) in [6.07, 6.45) is 2.55. The van der Waals surface area contributed by atoms with Gasteiger partial charge in [0.15, 0.2) is 0 Å². The molecule has 0 saturated heterocycles. The largest absolute Gasteiger partial charge is 0.398 e. The van der Waals surface area contributed by atoms with Gasteiger partial charge < -0.3 is 10.8 Å². The molecule has 1 unspecified atom stereocenters. The first-order valence-electron chi connectivity index (χ1n) is 4.81. The van der Waals surface area contributed by atoms with Crippen LogP contribution in [0.2, 0.25) is 5.02 Å². The van der Waals surface area contributed by atoms with Gasteiger partial charge in [-0.25, -0.2) is 0 Å². The van der Waals surface area contributed by atoms with Crippen LogP contribution in [0.3, 0.4) is 0 Å². The highest BCUT2D eigenvalue weighted by Gasteiger charge is 2.11. The summed E-state index contributed by atoms with van der Waals surface area (Å²) in [6.45, 7) is 0. The lowest BCUT2D eigenvalue weighted by atomic mass is 10.0. The summed E-state index contributed by atoms with van der Waals surface area (Å²) in [5.74, 6) is 0. The lowest BCUT2D eigenvalue weighted by Gasteiger charge is -2.11. The van der Waals surface area contributed by atoms with Gasteiger partial charge in [-0.05, 0) is 23.8 Å². The van der Waals surface area contributed by atoms with Crippen molar-refractivity contribution < 1.29 is 5.11 Å². The summed E-state index contributed by atoms with van der Waals surface area (Å²) in [6, 6.07) is 8.67. The van der Waals surface area contributed by atoms with E-state index in [2.05, 4.69) is 4.98 Å². The number of aliphatic hydroxyl groups is 1. The van der Waals surface area contributed by atoms with E-state index < -0.39 is 6.10 Å². The average Bonchev–Trinajstić information content (AvgIpc) is 2.33. The van der Waals surface area contributed by atoms with Crippen molar-refractivity contribution in [1.82, 2.24) is 4.98 Å². The second kappa shape index (κ2) is 4.51. The van der Waals surface area contributed by atoms with Gasteiger partial charge in [0, 0.05) is 18.0 Å². The van der Waals surface area contributed by atoms with Gasteiger partial charge in [0.2, 0.25) is 0 Å². The summed E-state index contributed by atoms with van der Waals surface area (Å²) >= 11 is 5.81. The van der Waals surface area contributed by atoms with Crippen LogP contribution in [0, 0.1) is 0 Å². The molecule has 3 N–H and O–H groups in total. The van der Waals surface area contributed by atoms with Crippen molar-refractivity contribution in [3.05, 3.63) is 58.9 Å². The van der Waals surface area contributed by atoms with Gasteiger partial charge in [-0.15, -0.1) is 0 Å². The summed E-state index contributed by atoms with van der Waals surface area (Å²) in [5.41, 5.74) is 7.57. The number of benzene rings is 1. The fraction of sp³-hybridized carbons (Fsp3) is 0.0833. The summed E-state index contributed by atoms with van der Waals surface area (Å²) < 4.78 is 0. The number of halogens is 1. The molecule has 0 bridgehead atoms. The van der Waals surface area contributed by atoms with Crippen LogP contribution in [-0.4, -0.2) is 10.1 Å². The summed E-state index contributed by atoms with van der Waals surface area (Å²) in [4.78, 5) is 3.95. The van der Waals surface area contributed by atoms with Crippen molar-refractivity contribution in [2.45, 2.75) is 6.10 Å². The van der Waals surface area contributed by atoms with Crippen LogP contribution in [0.5, 0.6) is 0 Å². The predicted molar refractivity (Wildman–Crippen MR) is 64.2 cm³/mol. The summed E-state index contributed by atoms with van der Waals surface area (Å²) in [7, 11) is 0. The number of aliphatic hydroxyl groups excluding tert-OH is 1. The van der Waals surface area contributed by atoms with Gasteiger partial charge in [-0.3, -0.25) is 4.98 Å². The van der Waals surface area contributed by atoms with Crippen molar-refractivity contribution in [3.63, 3.8) is 0 Å². The van der Waals surface area contributed by atoms with Crippen LogP contribution in [0.25, 0.3) is 0 Å². The number of pyridine rings is 1. The predicted octanol–water partition coefficient (Wildman–Crippen LogP) is 2.40. The third-order valence-electron chi connectivity index (χ3n) is 2.34. The molecule has 0 radical (unpaired) electrons. The monoisotopic (exact) mass is 234 g/mol. The molecular weight excluding hydrogens is 224 g/mol. The Morgan fingerprint density at radius 1 is 1.25 bits per heavy atom. The number of nitrogens with zero attached hydrogens (tertiary/aromatic N) is 1. The highest BCUT2D eigenvalue weighted by Crippen LogP contribution is 2.26. The third-order valence-corrected chi connectivity index (χ3v) is 2.68. The SMILES string of the molecule is Nc1cc(C(O)c2cccnc2)ccc1Cl. The molecule has 82 valence electrons. The van der Waals surface area contributed by atoms with Gasteiger partial charge >= 0.3 is 0 Å². The molecule has 0 fully saturated rings. The number of hydrogen-bond acceptors (Lipinski definition) is 3. The van der Waals surface area contributed by atoms with Gasteiger partial charge in [-0.1, -0.05) is 23.7 Å². The molecule has 1 aromatic heterocycles. The molecule has 0 aliphatic heterocycles. The molecule has 1 atom stereocenters. The number of nitrogen functional groups attached to an aromatic ring is 1. The lowest BCUT2D eigenvalue weighted by molar-refractivity contribution is 0.220. The van der Waals surface area contributed by atoms with Crippen LogP contribution in [0.1, 0.15) is 17.2 Å². The Kier molecular flexibility index (Phi) is 3.08. The highest BCUT2D eigenvalue weighted by molar-refractivity contribution is 6.33. The molecule has 0 aliphatic carbocycles. The van der Waals surface area contributed by atoms with E-state index in [1.807, 2.05) is 6.07 Å². The first kappa shape index (κ1) is 10.9. The molecule has 1 aromatic carbocycles. The molecule has 0 saturated carbocycles. The van der Waals surface area contributed by atoms with Crippen LogP contribution in [0.15, 0.2) is 42.7 Å². The second-order valence-corrected chi connectivity index (χ2v) is 3.88. The second-order valence-electron chi connectivity index (χ2n) is 3.47. The first-order chi connectivity index (χ1) is 7.68. The van der Waals surface area contributed by atoms with E-state index >= 15 is 0 Å². The first-order valence-corrected chi connectivity index (χ1v) is 5.19. The summed E-state index contributed by atoms with van der Waals surface area (Å²) in [5, 5.41) is 10.6. The van der Waals surface area contributed by atoms with E-state index in [1.165, 1.54) is 0 Å². The van der Waals surface area contributed by atoms with Gasteiger partial charge in [0.1, 0.15) is 6.10 Å². The van der Waals surface area contributed by atoms with Crippen LogP contribution in [-0.2, 0) is 0 Å². The maximum atomic E-state index is 10.1. The Hall–Kier alpha value is -1.58. The van der Waals surface area contributed by atoms with E-state index in [9.17, 15) is 5.11 Å². The van der Waals surface area contributed by atoms with E-state index in [4.69, 9.17) is 17.3 Å². The zero-order valence-corrected chi connectivity index (χ0v) is 9.22. The minimum absolute atomic E-state index is 0.460. The zero-order valence-electron chi connectivity index (χ0n) is 8.47. The number of rotatable bonds is 2. The molecule has 16 heavy (non-hydrogen) atoms. The normalized spacial score (nSPS) is 12.4. The minimum Gasteiger partial charge on any atom is -0.398 e. The van der Waals surface area contributed by atoms with Crippen LogP contribution < -0.4 is 5.73 Å². The molecule has 0 spiro atoms. The highest BCUT2D eigenvalue weighted by atomic mass is 35.5. The van der Waals surface area contributed by atoms with Gasteiger partial charge in [0.05, 0.1) is 10.7 Å². The van der Waals surface area contributed by atoms with E-state index in [-0.39, 0.29) is 0 Å². The zero-order chi connectivity index (χ0) is 11.5. The van der Waals surface area contributed by atoms with Crippen molar-refractivity contribution >= 4 is 17.3 Å². The molecule has 0 aliphatic rings. The average molecular weight is 235 g/mol. The van der Waals surface area contributed by atoms with Crippen molar-refractivity contribution in [2.75, 3.05) is 5.73 Å². The molecule has 2 rings (SSSR count). The Balaban J connectivity index is 2.34. The van der Waals surface area contributed by atoms with Crippen molar-refractivity contribution in [3.8, 4) is 0 Å². The van der Waals surface area contributed by atoms with Crippen molar-refractivity contribution in [1.29, 1.82) is 0 Å². The maximum absolute atomic E-state index is 10.1. The fourth-order valence-corrected chi connectivity index (χ4v) is 1.58.